The van der Waals surface area contributed by atoms with Crippen molar-refractivity contribution in [1.82, 2.24) is 4.98 Å². The van der Waals surface area contributed by atoms with Crippen molar-refractivity contribution in [1.29, 1.82) is 0 Å². The van der Waals surface area contributed by atoms with Crippen molar-refractivity contribution in [2.75, 3.05) is 11.1 Å². The van der Waals surface area contributed by atoms with E-state index >= 15 is 0 Å². The van der Waals surface area contributed by atoms with Gasteiger partial charge in [-0.3, -0.25) is 9.78 Å². The van der Waals surface area contributed by atoms with Gasteiger partial charge in [-0.15, -0.1) is 0 Å². The lowest BCUT2D eigenvalue weighted by atomic mass is 10.1. The van der Waals surface area contributed by atoms with Crippen molar-refractivity contribution in [3.05, 3.63) is 70.7 Å². The zero-order valence-electron chi connectivity index (χ0n) is 14.3. The minimum absolute atomic E-state index is 0.303. The molecule has 1 aromatic heterocycles. The number of aromatic nitrogens is 1. The molecule has 1 heterocycles. The van der Waals surface area contributed by atoms with Gasteiger partial charge < -0.3 is 11.1 Å². The largest absolute Gasteiger partial charge is 0.398 e. The van der Waals surface area contributed by atoms with Crippen LogP contribution in [0, 0.1) is 36.0 Å². The second kappa shape index (κ2) is 7.26. The van der Waals surface area contributed by atoms with Crippen molar-refractivity contribution in [2.24, 2.45) is 0 Å². The van der Waals surface area contributed by atoms with E-state index in [0.717, 1.165) is 0 Å². The van der Waals surface area contributed by atoms with Gasteiger partial charge in [-0.25, -0.2) is 22.0 Å². The highest BCUT2D eigenvalue weighted by molar-refractivity contribution is 6.03. The molecule has 3 N–H and O–H groups in total. The van der Waals surface area contributed by atoms with Gasteiger partial charge in [0, 0.05) is 28.5 Å². The minimum Gasteiger partial charge on any atom is -0.398 e. The van der Waals surface area contributed by atoms with Crippen LogP contribution in [-0.2, 0) is 4.79 Å². The number of benzene rings is 2. The fraction of sp³-hybridized carbons (Fsp3) is 0.0526. The normalized spacial score (nSPS) is 11.4. The third kappa shape index (κ3) is 3.51. The molecule has 3 rings (SSSR count). The molecule has 0 atom stereocenters. The summed E-state index contributed by atoms with van der Waals surface area (Å²) in [6.45, 7) is 1.77. The van der Waals surface area contributed by atoms with E-state index in [4.69, 9.17) is 5.73 Å². The average Bonchev–Trinajstić information content (AvgIpc) is 2.65. The maximum absolute atomic E-state index is 13.6. The van der Waals surface area contributed by atoms with Crippen molar-refractivity contribution in [3.8, 4) is 0 Å². The Bertz CT molecular complexity index is 1120. The minimum atomic E-state index is -2.27. The number of carbonyl (C=O) groups is 1. The molecule has 0 saturated carbocycles. The maximum atomic E-state index is 13.6. The van der Waals surface area contributed by atoms with E-state index < -0.39 is 40.6 Å². The summed E-state index contributed by atoms with van der Waals surface area (Å²) in [6.07, 6.45) is 1.16. The highest BCUT2D eigenvalue weighted by atomic mass is 19.2. The molecule has 1 amide bonds. The monoisotopic (exact) mass is 393 g/mol. The first kappa shape index (κ1) is 19.3. The van der Waals surface area contributed by atoms with Crippen LogP contribution in [-0.4, -0.2) is 10.9 Å². The lowest BCUT2D eigenvalue weighted by Gasteiger charge is -2.07. The molecule has 144 valence electrons. The van der Waals surface area contributed by atoms with Gasteiger partial charge in [0.25, 0.3) is 0 Å². The summed E-state index contributed by atoms with van der Waals surface area (Å²) < 4.78 is 66.6. The molecule has 0 saturated heterocycles. The zero-order chi connectivity index (χ0) is 20.6. The first-order chi connectivity index (χ1) is 13.2. The number of hydrogen-bond donors (Lipinski definition) is 2. The van der Waals surface area contributed by atoms with Crippen molar-refractivity contribution < 1.29 is 26.7 Å². The van der Waals surface area contributed by atoms with E-state index in [1.165, 1.54) is 6.07 Å². The van der Waals surface area contributed by atoms with Crippen LogP contribution in [0.4, 0.5) is 33.3 Å². The Hall–Kier alpha value is -3.49. The van der Waals surface area contributed by atoms with Crippen LogP contribution in [0.25, 0.3) is 17.0 Å². The van der Waals surface area contributed by atoms with E-state index in [-0.39, 0.29) is 0 Å². The number of hydrogen-bond acceptors (Lipinski definition) is 3. The van der Waals surface area contributed by atoms with Crippen molar-refractivity contribution >= 4 is 34.3 Å². The zero-order valence-corrected chi connectivity index (χ0v) is 14.3. The Morgan fingerprint density at radius 2 is 1.61 bits per heavy atom. The predicted molar refractivity (Wildman–Crippen MR) is 94.8 cm³/mol. The summed E-state index contributed by atoms with van der Waals surface area (Å²) in [6, 6.07) is 6.33. The third-order valence-electron chi connectivity index (χ3n) is 3.88. The number of nitrogens with two attached hydrogens (primary N) is 1. The molecule has 0 aliphatic heterocycles. The quantitative estimate of drug-likeness (QED) is 0.299. The molecule has 4 nitrogen and oxygen atoms in total. The maximum Gasteiger partial charge on any atom is 0.248 e. The average molecular weight is 393 g/mol. The smallest absolute Gasteiger partial charge is 0.248 e. The van der Waals surface area contributed by atoms with Crippen LogP contribution in [0.5, 0.6) is 0 Å². The van der Waals surface area contributed by atoms with Crippen molar-refractivity contribution in [3.63, 3.8) is 0 Å². The molecular weight excluding hydrogens is 381 g/mol. The number of carbonyl (C=O) groups excluding carboxylic acids is 1. The second-order valence-electron chi connectivity index (χ2n) is 5.89. The molecule has 0 fully saturated rings. The molecule has 3 aromatic rings. The highest BCUT2D eigenvalue weighted by Gasteiger charge is 2.24. The second-order valence-corrected chi connectivity index (χ2v) is 5.89. The van der Waals surface area contributed by atoms with Gasteiger partial charge in [0.1, 0.15) is 0 Å². The first-order valence-corrected chi connectivity index (χ1v) is 7.86. The van der Waals surface area contributed by atoms with Gasteiger partial charge in [0.05, 0.1) is 11.1 Å². The molecule has 28 heavy (non-hydrogen) atoms. The van der Waals surface area contributed by atoms with E-state index in [2.05, 4.69) is 10.3 Å². The lowest BCUT2D eigenvalue weighted by Crippen LogP contribution is -2.09. The Labute approximate surface area is 155 Å². The molecule has 0 unspecified atom stereocenters. The van der Waals surface area contributed by atoms with Gasteiger partial charge in [-0.2, -0.15) is 0 Å². The molecule has 0 radical (unpaired) electrons. The summed E-state index contributed by atoms with van der Waals surface area (Å²) in [7, 11) is 0. The number of anilines is 2. The topological polar surface area (TPSA) is 68.0 Å². The van der Waals surface area contributed by atoms with E-state index in [1.807, 2.05) is 0 Å². The van der Waals surface area contributed by atoms with Gasteiger partial charge in [-0.1, -0.05) is 0 Å². The van der Waals surface area contributed by atoms with Crippen LogP contribution in [0.1, 0.15) is 11.3 Å². The molecule has 0 bridgehead atoms. The number of fused-ring (bicyclic) bond motifs is 1. The van der Waals surface area contributed by atoms with Gasteiger partial charge in [0.15, 0.2) is 23.3 Å². The van der Waals surface area contributed by atoms with Gasteiger partial charge in [0.2, 0.25) is 11.7 Å². The molecule has 9 heteroatoms. The number of pyridine rings is 1. The number of halogens is 5. The number of nitrogens with one attached hydrogen (secondary N) is 1. The number of nitrogen functional groups attached to an aromatic ring is 1. The lowest BCUT2D eigenvalue weighted by molar-refractivity contribution is -0.111. The predicted octanol–water partition coefficient (Wildman–Crippen LogP) is 4.47. The van der Waals surface area contributed by atoms with Crippen LogP contribution < -0.4 is 11.1 Å². The van der Waals surface area contributed by atoms with Gasteiger partial charge >= 0.3 is 0 Å². The summed E-state index contributed by atoms with van der Waals surface area (Å²) >= 11 is 0. The van der Waals surface area contributed by atoms with Crippen LogP contribution >= 0.6 is 0 Å². The summed E-state index contributed by atoms with van der Waals surface area (Å²) in [4.78, 5) is 16.3. The molecule has 0 spiro atoms. The summed E-state index contributed by atoms with van der Waals surface area (Å²) in [5.41, 5.74) is 6.76. The molecule has 0 aliphatic carbocycles. The summed E-state index contributed by atoms with van der Waals surface area (Å²) in [5.74, 6) is -11.4. The highest BCUT2D eigenvalue weighted by Crippen LogP contribution is 2.25. The van der Waals surface area contributed by atoms with E-state index in [1.54, 1.807) is 25.1 Å². The molecule has 2 aromatic carbocycles. The Morgan fingerprint density at radius 1 is 1.00 bits per heavy atom. The molecule has 0 aliphatic rings. The fourth-order valence-electron chi connectivity index (χ4n) is 2.58. The Morgan fingerprint density at radius 3 is 2.25 bits per heavy atom. The number of nitrogens with zero attached hydrogens (tertiary/aromatic N) is 1. The standard InChI is InChI=1S/C19H12F5N3O/c1-8-6-12(25)11-7-9(2-4-13(11)26-8)27-14(28)5-3-10-15(20)17(22)19(24)18(23)16(10)21/h2-7H,1H3,(H2,25,26)(H,27,28)/b5-3+. The fourth-order valence-corrected chi connectivity index (χ4v) is 2.58. The number of rotatable bonds is 3. The van der Waals surface area contributed by atoms with Crippen molar-refractivity contribution in [2.45, 2.75) is 6.92 Å². The van der Waals surface area contributed by atoms with Crippen LogP contribution in [0.2, 0.25) is 0 Å². The third-order valence-corrected chi connectivity index (χ3v) is 3.88. The Kier molecular flexibility index (Phi) is 5.00. The van der Waals surface area contributed by atoms with Gasteiger partial charge in [-0.05, 0) is 37.3 Å². The first-order valence-electron chi connectivity index (χ1n) is 7.86. The summed E-state index contributed by atoms with van der Waals surface area (Å²) in [5, 5.41) is 2.99. The number of amides is 1. The van der Waals surface area contributed by atoms with Crippen LogP contribution in [0.15, 0.2) is 30.3 Å². The number of aryl methyl sites for hydroxylation is 1. The van der Waals surface area contributed by atoms with Crippen LogP contribution in [0.3, 0.4) is 0 Å². The van der Waals surface area contributed by atoms with E-state index in [0.29, 0.717) is 40.1 Å². The Balaban J connectivity index is 1.86. The molecular formula is C19H12F5N3O. The van der Waals surface area contributed by atoms with E-state index in [9.17, 15) is 26.7 Å². The SMILES string of the molecule is Cc1cc(N)c2cc(NC(=O)/C=C/c3c(F)c(F)c(F)c(F)c3F)ccc2n1.